The predicted octanol–water partition coefficient (Wildman–Crippen LogP) is 2.33. The van der Waals surface area contributed by atoms with Gasteiger partial charge in [0.25, 0.3) is 0 Å². The molecule has 0 aromatic heterocycles. The third-order valence-corrected chi connectivity index (χ3v) is 8.28. The summed E-state index contributed by atoms with van der Waals surface area (Å²) in [4.78, 5) is -1.18. The Morgan fingerprint density at radius 1 is 0.724 bits per heavy atom. The minimum atomic E-state index is -4.29. The molecule has 0 N–H and O–H groups in total. The number of halogens is 4. The number of nitrogens with zero attached hydrogens (tertiary/aromatic N) is 2. The number of benzene rings is 2. The molecule has 0 amide bonds. The lowest BCUT2D eigenvalue weighted by Gasteiger charge is -2.38. The summed E-state index contributed by atoms with van der Waals surface area (Å²) in [5.41, 5.74) is 0. The maximum absolute atomic E-state index is 13.4. The Balaban J connectivity index is 1.87. The van der Waals surface area contributed by atoms with Gasteiger partial charge in [-0.25, -0.2) is 34.4 Å². The van der Waals surface area contributed by atoms with Crippen LogP contribution >= 0.6 is 0 Å². The summed E-state index contributed by atoms with van der Waals surface area (Å²) in [7, 11) is -8.57. The lowest BCUT2D eigenvalue weighted by molar-refractivity contribution is 0.212. The summed E-state index contributed by atoms with van der Waals surface area (Å²) in [6.07, 6.45) is 0. The first-order valence-corrected chi connectivity index (χ1v) is 11.2. The lowest BCUT2D eigenvalue weighted by atomic mass is 10.3. The summed E-state index contributed by atoms with van der Waals surface area (Å²) in [5.74, 6) is -4.26. The molecule has 2 aromatic carbocycles. The van der Waals surface area contributed by atoms with Crippen molar-refractivity contribution in [3.8, 4) is 0 Å². The van der Waals surface area contributed by atoms with Crippen LogP contribution in [0.3, 0.4) is 0 Å². The van der Waals surface area contributed by atoms with E-state index in [0.29, 0.717) is 36.4 Å². The molecule has 6 nitrogen and oxygen atoms in total. The molecular weight excluding hydrogens is 436 g/mol. The van der Waals surface area contributed by atoms with Crippen molar-refractivity contribution in [2.75, 3.05) is 19.6 Å². The Hall–Kier alpha value is -2.02. The molecule has 1 saturated heterocycles. The van der Waals surface area contributed by atoms with E-state index in [4.69, 9.17) is 0 Å². The molecule has 0 spiro atoms. The summed E-state index contributed by atoms with van der Waals surface area (Å²) in [6.45, 7) is 0.499. The van der Waals surface area contributed by atoms with E-state index in [1.807, 2.05) is 0 Å². The van der Waals surface area contributed by atoms with Crippen LogP contribution in [0.5, 0.6) is 0 Å². The van der Waals surface area contributed by atoms with E-state index in [-0.39, 0.29) is 19.6 Å². The highest BCUT2D eigenvalue weighted by Crippen LogP contribution is 2.26. The van der Waals surface area contributed by atoms with Gasteiger partial charge in [-0.15, -0.1) is 0 Å². The molecule has 0 radical (unpaired) electrons. The summed E-state index contributed by atoms with van der Waals surface area (Å²) >= 11 is 0. The molecule has 0 unspecified atom stereocenters. The van der Waals surface area contributed by atoms with E-state index in [1.54, 1.807) is 0 Å². The third kappa shape index (κ3) is 4.29. The first-order chi connectivity index (χ1) is 13.4. The Morgan fingerprint density at radius 2 is 1.14 bits per heavy atom. The Labute approximate surface area is 165 Å². The summed E-state index contributed by atoms with van der Waals surface area (Å²) in [5, 5.41) is 0. The van der Waals surface area contributed by atoms with Crippen LogP contribution in [0.4, 0.5) is 17.6 Å². The number of hydrogen-bond donors (Lipinski definition) is 0. The van der Waals surface area contributed by atoms with Crippen molar-refractivity contribution in [2.24, 2.45) is 0 Å². The molecule has 1 fully saturated rings. The van der Waals surface area contributed by atoms with Gasteiger partial charge < -0.3 is 0 Å². The predicted molar refractivity (Wildman–Crippen MR) is 94.8 cm³/mol. The van der Waals surface area contributed by atoms with Crippen LogP contribution in [0.15, 0.2) is 46.2 Å². The average Bonchev–Trinajstić information content (AvgIpc) is 2.59. The molecule has 3 rings (SSSR count). The van der Waals surface area contributed by atoms with Crippen LogP contribution in [0.1, 0.15) is 6.92 Å². The number of piperazine rings is 1. The highest BCUT2D eigenvalue weighted by atomic mass is 32.2. The highest BCUT2D eigenvalue weighted by molar-refractivity contribution is 7.89. The molecule has 158 valence electrons. The maximum Gasteiger partial charge on any atom is 0.243 e. The molecule has 1 aliphatic heterocycles. The molecule has 1 aliphatic rings. The van der Waals surface area contributed by atoms with Gasteiger partial charge in [-0.05, 0) is 31.2 Å². The topological polar surface area (TPSA) is 74.8 Å². The van der Waals surface area contributed by atoms with E-state index in [0.717, 1.165) is 8.61 Å². The van der Waals surface area contributed by atoms with Gasteiger partial charge in [0.05, 0.1) is 9.79 Å². The van der Waals surface area contributed by atoms with Gasteiger partial charge >= 0.3 is 0 Å². The summed E-state index contributed by atoms with van der Waals surface area (Å²) in [6, 6.07) is 2.85. The Kier molecular flexibility index (Phi) is 5.73. The fraction of sp³-hybridized carbons (Fsp3) is 0.294. The second kappa shape index (κ2) is 7.67. The fourth-order valence-electron chi connectivity index (χ4n) is 3.12. The third-order valence-electron chi connectivity index (χ3n) is 4.45. The van der Waals surface area contributed by atoms with Crippen molar-refractivity contribution in [2.45, 2.75) is 22.8 Å². The maximum atomic E-state index is 13.4. The van der Waals surface area contributed by atoms with E-state index >= 15 is 0 Å². The smallest absolute Gasteiger partial charge is 0.207 e. The zero-order chi connectivity index (χ0) is 21.6. The van der Waals surface area contributed by atoms with Crippen LogP contribution in [-0.4, -0.2) is 51.1 Å². The fourth-order valence-corrected chi connectivity index (χ4v) is 6.33. The highest BCUT2D eigenvalue weighted by Gasteiger charge is 2.38. The van der Waals surface area contributed by atoms with Gasteiger partial charge in [-0.1, -0.05) is 0 Å². The van der Waals surface area contributed by atoms with Crippen LogP contribution in [0, 0.1) is 23.3 Å². The van der Waals surface area contributed by atoms with Gasteiger partial charge in [0.15, 0.2) is 0 Å². The van der Waals surface area contributed by atoms with Gasteiger partial charge in [0.2, 0.25) is 20.0 Å². The molecule has 29 heavy (non-hydrogen) atoms. The molecule has 2 aromatic rings. The molecule has 0 bridgehead atoms. The van der Waals surface area contributed by atoms with E-state index in [1.165, 1.54) is 6.92 Å². The minimum absolute atomic E-state index is 0.304. The molecule has 0 aliphatic carbocycles. The van der Waals surface area contributed by atoms with Crippen molar-refractivity contribution >= 4 is 20.0 Å². The normalized spacial score (nSPS) is 19.4. The zero-order valence-electron chi connectivity index (χ0n) is 15.0. The SMILES string of the molecule is C[C@H]1CN(S(=O)(=O)c2cc(F)cc(F)c2)CCN1S(=O)(=O)c1cc(F)cc(F)c1. The van der Waals surface area contributed by atoms with Crippen LogP contribution in [-0.2, 0) is 20.0 Å². The second-order valence-electron chi connectivity index (χ2n) is 6.54. The first kappa shape index (κ1) is 21.7. The minimum Gasteiger partial charge on any atom is -0.207 e. The first-order valence-electron chi connectivity index (χ1n) is 8.35. The number of rotatable bonds is 4. The average molecular weight is 452 g/mol. The quantitative estimate of drug-likeness (QED) is 0.668. The van der Waals surface area contributed by atoms with Crippen molar-refractivity contribution in [1.82, 2.24) is 8.61 Å². The molecule has 0 saturated carbocycles. The largest absolute Gasteiger partial charge is 0.243 e. The monoisotopic (exact) mass is 452 g/mol. The molecular formula is C17H16F4N2O4S2. The van der Waals surface area contributed by atoms with Crippen molar-refractivity contribution in [3.63, 3.8) is 0 Å². The van der Waals surface area contributed by atoms with E-state index in [2.05, 4.69) is 0 Å². The van der Waals surface area contributed by atoms with Crippen molar-refractivity contribution < 1.29 is 34.4 Å². The number of sulfonamides is 2. The summed E-state index contributed by atoms with van der Waals surface area (Å²) < 4.78 is 106. The van der Waals surface area contributed by atoms with Gasteiger partial charge in [-0.3, -0.25) is 0 Å². The standard InChI is InChI=1S/C17H16F4N2O4S2/c1-11-10-22(28(24,25)16-6-12(18)4-13(19)7-16)2-3-23(11)29(26,27)17-8-14(20)5-15(21)9-17/h4-9,11H,2-3,10H2,1H3/t11-/m0/s1. The van der Waals surface area contributed by atoms with E-state index in [9.17, 15) is 34.4 Å². The van der Waals surface area contributed by atoms with Gasteiger partial charge in [-0.2, -0.15) is 8.61 Å². The van der Waals surface area contributed by atoms with E-state index < -0.39 is 59.1 Å². The van der Waals surface area contributed by atoms with Crippen LogP contribution < -0.4 is 0 Å². The second-order valence-corrected chi connectivity index (χ2v) is 10.4. The van der Waals surface area contributed by atoms with Crippen LogP contribution in [0.2, 0.25) is 0 Å². The van der Waals surface area contributed by atoms with Crippen molar-refractivity contribution in [3.05, 3.63) is 59.7 Å². The molecule has 1 heterocycles. The Morgan fingerprint density at radius 3 is 1.55 bits per heavy atom. The Bertz CT molecular complexity index is 1120. The number of hydrogen-bond acceptors (Lipinski definition) is 4. The molecule has 12 heteroatoms. The molecule has 1 atom stereocenters. The van der Waals surface area contributed by atoms with Gasteiger partial charge in [0, 0.05) is 37.8 Å². The van der Waals surface area contributed by atoms with Crippen LogP contribution in [0.25, 0.3) is 0 Å². The lowest BCUT2D eigenvalue weighted by Crippen LogP contribution is -2.55. The van der Waals surface area contributed by atoms with Gasteiger partial charge in [0.1, 0.15) is 23.3 Å². The zero-order valence-corrected chi connectivity index (χ0v) is 16.7. The van der Waals surface area contributed by atoms with Crippen molar-refractivity contribution in [1.29, 1.82) is 0 Å².